The molecule has 1 aromatic carbocycles. The van der Waals surface area contributed by atoms with E-state index in [0.717, 1.165) is 5.56 Å². The smallest absolute Gasteiger partial charge is 0.230 e. The number of nitrogens with one attached hydrogen (secondary N) is 1. The Kier molecular flexibility index (Phi) is 5.17. The van der Waals surface area contributed by atoms with Crippen molar-refractivity contribution in [3.8, 4) is 23.1 Å². The Morgan fingerprint density at radius 3 is 2.73 bits per heavy atom. The van der Waals surface area contributed by atoms with E-state index in [-0.39, 0.29) is 12.3 Å². The number of anilines is 1. The molecule has 0 radical (unpaired) electrons. The first-order valence-electron chi connectivity index (χ1n) is 7.99. The van der Waals surface area contributed by atoms with Crippen LogP contribution in [0, 0.1) is 6.92 Å². The highest BCUT2D eigenvalue weighted by atomic mass is 16.5. The van der Waals surface area contributed by atoms with E-state index in [1.165, 1.54) is 13.3 Å². The lowest BCUT2D eigenvalue weighted by atomic mass is 10.2. The van der Waals surface area contributed by atoms with Crippen LogP contribution in [0.15, 0.2) is 47.0 Å². The summed E-state index contributed by atoms with van der Waals surface area (Å²) in [4.78, 5) is 20.8. The van der Waals surface area contributed by atoms with Crippen LogP contribution in [0.3, 0.4) is 0 Å². The van der Waals surface area contributed by atoms with E-state index >= 15 is 0 Å². The first kappa shape index (κ1) is 17.5. The predicted molar refractivity (Wildman–Crippen MR) is 96.4 cm³/mol. The van der Waals surface area contributed by atoms with E-state index in [2.05, 4.69) is 15.3 Å². The molecule has 2 aromatic heterocycles. The third-order valence-corrected chi connectivity index (χ3v) is 3.77. The van der Waals surface area contributed by atoms with Crippen molar-refractivity contribution in [1.82, 2.24) is 9.97 Å². The lowest BCUT2D eigenvalue weighted by Gasteiger charge is -2.04. The average Bonchev–Trinajstić information content (AvgIpc) is 3.03. The van der Waals surface area contributed by atoms with E-state index in [4.69, 9.17) is 13.9 Å². The van der Waals surface area contributed by atoms with Crippen molar-refractivity contribution in [1.29, 1.82) is 0 Å². The van der Waals surface area contributed by atoms with E-state index in [9.17, 15) is 4.79 Å². The molecular weight excluding hydrogens is 334 g/mol. The maximum absolute atomic E-state index is 12.3. The van der Waals surface area contributed by atoms with Gasteiger partial charge in [-0.2, -0.15) is 0 Å². The monoisotopic (exact) mass is 353 g/mol. The molecule has 7 nitrogen and oxygen atoms in total. The van der Waals surface area contributed by atoms with Gasteiger partial charge in [0, 0.05) is 11.6 Å². The zero-order valence-corrected chi connectivity index (χ0v) is 14.8. The molecule has 0 atom stereocenters. The summed E-state index contributed by atoms with van der Waals surface area (Å²) in [7, 11) is 3.14. The molecule has 0 saturated carbocycles. The molecule has 0 saturated heterocycles. The number of amides is 1. The number of hydrogen-bond acceptors (Lipinski definition) is 6. The van der Waals surface area contributed by atoms with Gasteiger partial charge in [0.15, 0.2) is 0 Å². The highest BCUT2D eigenvalue weighted by Gasteiger charge is 2.15. The van der Waals surface area contributed by atoms with Gasteiger partial charge in [0.1, 0.15) is 11.5 Å². The molecule has 26 heavy (non-hydrogen) atoms. The molecule has 0 fully saturated rings. The first-order chi connectivity index (χ1) is 12.6. The number of methoxy groups -OCH3 is 2. The van der Waals surface area contributed by atoms with Crippen molar-refractivity contribution >= 4 is 11.6 Å². The molecule has 3 aromatic rings. The van der Waals surface area contributed by atoms with Crippen LogP contribution in [-0.4, -0.2) is 30.1 Å². The fraction of sp³-hybridized carbons (Fsp3) is 0.211. The SMILES string of the molecule is COc1cccc(-c2nc(CC(=O)Nc3ccc(OC)nc3)c(C)o2)c1. The molecule has 1 N–H and O–H groups in total. The Morgan fingerprint density at radius 2 is 2.04 bits per heavy atom. The van der Waals surface area contributed by atoms with Crippen molar-refractivity contribution in [2.24, 2.45) is 0 Å². The summed E-state index contributed by atoms with van der Waals surface area (Å²) in [5.41, 5.74) is 1.96. The van der Waals surface area contributed by atoms with E-state index < -0.39 is 0 Å². The number of hydrogen-bond donors (Lipinski definition) is 1. The lowest BCUT2D eigenvalue weighted by molar-refractivity contribution is -0.115. The maximum Gasteiger partial charge on any atom is 0.230 e. The number of nitrogens with zero attached hydrogens (tertiary/aromatic N) is 2. The third kappa shape index (κ3) is 4.00. The molecule has 134 valence electrons. The van der Waals surface area contributed by atoms with Crippen LogP contribution in [0.4, 0.5) is 5.69 Å². The summed E-state index contributed by atoms with van der Waals surface area (Å²) < 4.78 is 15.9. The van der Waals surface area contributed by atoms with Crippen molar-refractivity contribution < 1.29 is 18.7 Å². The number of rotatable bonds is 6. The standard InChI is InChI=1S/C19H19N3O4/c1-12-16(10-17(23)21-14-7-8-18(25-3)20-11-14)22-19(26-12)13-5-4-6-15(9-13)24-2/h4-9,11H,10H2,1-3H3,(H,21,23). The minimum atomic E-state index is -0.203. The zero-order valence-electron chi connectivity index (χ0n) is 14.8. The molecule has 0 aliphatic carbocycles. The van der Waals surface area contributed by atoms with Gasteiger partial charge in [0.05, 0.1) is 38.2 Å². The molecule has 2 heterocycles. The van der Waals surface area contributed by atoms with E-state index in [1.54, 1.807) is 26.2 Å². The Labute approximate surface area is 151 Å². The zero-order chi connectivity index (χ0) is 18.5. The van der Waals surface area contributed by atoms with Crippen LogP contribution in [0.25, 0.3) is 11.5 Å². The van der Waals surface area contributed by atoms with E-state index in [1.807, 2.05) is 24.3 Å². The van der Waals surface area contributed by atoms with Crippen molar-refractivity contribution in [2.75, 3.05) is 19.5 Å². The van der Waals surface area contributed by atoms with Gasteiger partial charge in [0.2, 0.25) is 17.7 Å². The van der Waals surface area contributed by atoms with Crippen LogP contribution in [0.2, 0.25) is 0 Å². The fourth-order valence-electron chi connectivity index (χ4n) is 2.40. The van der Waals surface area contributed by atoms with Gasteiger partial charge in [-0.1, -0.05) is 6.07 Å². The summed E-state index contributed by atoms with van der Waals surface area (Å²) in [6.07, 6.45) is 1.64. The Hall–Kier alpha value is -3.35. The van der Waals surface area contributed by atoms with Crippen LogP contribution >= 0.6 is 0 Å². The van der Waals surface area contributed by atoms with Crippen molar-refractivity contribution in [2.45, 2.75) is 13.3 Å². The Balaban J connectivity index is 1.71. The molecule has 0 unspecified atom stereocenters. The number of benzene rings is 1. The number of oxazole rings is 1. The number of aromatic nitrogens is 2. The predicted octanol–water partition coefficient (Wildman–Crippen LogP) is 3.24. The van der Waals surface area contributed by atoms with Crippen molar-refractivity contribution in [3.63, 3.8) is 0 Å². The van der Waals surface area contributed by atoms with Gasteiger partial charge in [0.25, 0.3) is 0 Å². The summed E-state index contributed by atoms with van der Waals surface area (Å²) >= 11 is 0. The Morgan fingerprint density at radius 1 is 1.19 bits per heavy atom. The quantitative estimate of drug-likeness (QED) is 0.732. The van der Waals surface area contributed by atoms with Gasteiger partial charge in [-0.3, -0.25) is 4.79 Å². The highest BCUT2D eigenvalue weighted by molar-refractivity contribution is 5.92. The second-order valence-electron chi connectivity index (χ2n) is 5.57. The minimum Gasteiger partial charge on any atom is -0.497 e. The molecule has 7 heteroatoms. The second kappa shape index (κ2) is 7.69. The maximum atomic E-state index is 12.3. The Bertz CT molecular complexity index is 903. The third-order valence-electron chi connectivity index (χ3n) is 3.77. The van der Waals surface area contributed by atoms with Gasteiger partial charge in [-0.25, -0.2) is 9.97 Å². The van der Waals surface area contributed by atoms with Gasteiger partial charge in [-0.15, -0.1) is 0 Å². The molecule has 0 aliphatic heterocycles. The number of pyridine rings is 1. The van der Waals surface area contributed by atoms with Crippen LogP contribution in [0.5, 0.6) is 11.6 Å². The average molecular weight is 353 g/mol. The summed E-state index contributed by atoms with van der Waals surface area (Å²) in [5.74, 6) is 2.05. The number of aryl methyl sites for hydroxylation is 1. The molecule has 0 aliphatic rings. The topological polar surface area (TPSA) is 86.5 Å². The number of ether oxygens (including phenoxy) is 2. The molecule has 3 rings (SSSR count). The summed E-state index contributed by atoms with van der Waals surface area (Å²) in [6, 6.07) is 10.8. The second-order valence-corrected chi connectivity index (χ2v) is 5.57. The number of carbonyl (C=O) groups is 1. The van der Waals surface area contributed by atoms with Gasteiger partial charge >= 0.3 is 0 Å². The van der Waals surface area contributed by atoms with Crippen molar-refractivity contribution in [3.05, 3.63) is 54.0 Å². The highest BCUT2D eigenvalue weighted by Crippen LogP contribution is 2.25. The summed E-state index contributed by atoms with van der Waals surface area (Å²) in [6.45, 7) is 1.79. The normalized spacial score (nSPS) is 10.4. The summed E-state index contributed by atoms with van der Waals surface area (Å²) in [5, 5.41) is 2.78. The van der Waals surface area contributed by atoms with Gasteiger partial charge in [-0.05, 0) is 31.2 Å². The fourth-order valence-corrected chi connectivity index (χ4v) is 2.40. The largest absolute Gasteiger partial charge is 0.497 e. The minimum absolute atomic E-state index is 0.103. The van der Waals surface area contributed by atoms with E-state index in [0.29, 0.717) is 34.7 Å². The molecular formula is C19H19N3O4. The number of carbonyl (C=O) groups excluding carboxylic acids is 1. The lowest BCUT2D eigenvalue weighted by Crippen LogP contribution is -2.15. The molecule has 0 spiro atoms. The molecule has 0 bridgehead atoms. The first-order valence-corrected chi connectivity index (χ1v) is 7.99. The molecule has 1 amide bonds. The van der Waals surface area contributed by atoms with Crippen LogP contribution in [-0.2, 0) is 11.2 Å². The van der Waals surface area contributed by atoms with Gasteiger partial charge < -0.3 is 19.2 Å². The van der Waals surface area contributed by atoms with Crippen LogP contribution < -0.4 is 14.8 Å². The van der Waals surface area contributed by atoms with Crippen LogP contribution in [0.1, 0.15) is 11.5 Å².